The number of amides is 1. The number of nitrogens with zero attached hydrogens (tertiary/aromatic N) is 2. The number of halogens is 2. The van der Waals surface area contributed by atoms with E-state index < -0.39 is 21.7 Å². The lowest BCUT2D eigenvalue weighted by Crippen LogP contribution is -2.34. The summed E-state index contributed by atoms with van der Waals surface area (Å²) in [5.41, 5.74) is 1.72. The SMILES string of the molecule is CCCS(=O)(=O)NC(=O)c1c(C2=CC=CCC2=O)c2c3occc3c(F)cc2n1Cc1cc2ccccc2nc1Cl. The number of carbonyl (C=O) groups is 2. The lowest BCUT2D eigenvalue weighted by Gasteiger charge is -2.15. The highest BCUT2D eigenvalue weighted by molar-refractivity contribution is 7.90. The van der Waals surface area contributed by atoms with E-state index in [-0.39, 0.29) is 69.4 Å². The second-order valence-corrected chi connectivity index (χ2v) is 11.9. The molecule has 0 radical (unpaired) electrons. The molecule has 2 aromatic carbocycles. The average Bonchev–Trinajstić information content (AvgIpc) is 3.53. The van der Waals surface area contributed by atoms with Gasteiger partial charge < -0.3 is 8.98 Å². The van der Waals surface area contributed by atoms with E-state index in [1.54, 1.807) is 31.2 Å². The minimum atomic E-state index is -4.01. The van der Waals surface area contributed by atoms with Crippen LogP contribution in [0.15, 0.2) is 71.4 Å². The van der Waals surface area contributed by atoms with Gasteiger partial charge in [0.25, 0.3) is 5.91 Å². The van der Waals surface area contributed by atoms with Gasteiger partial charge in [-0.2, -0.15) is 0 Å². The number of pyridine rings is 1. The zero-order chi connectivity index (χ0) is 28.9. The molecule has 208 valence electrons. The fourth-order valence-corrected chi connectivity index (χ4v) is 6.48. The largest absolute Gasteiger partial charge is 0.463 e. The standard InChI is InChI=1S/C30H23ClFN3O5S/c1-2-13-41(38,39)34-30(37)27-25(20-8-4-6-10-24(20)36)26-23(15-21(32)19-11-12-40-28(19)26)35(27)16-18-14-17-7-3-5-9-22(17)33-29(18)31/h3-9,11-12,14-15H,2,10,13,16H2,1H3,(H,34,37). The molecule has 1 aliphatic carbocycles. The predicted molar refractivity (Wildman–Crippen MR) is 156 cm³/mol. The summed E-state index contributed by atoms with van der Waals surface area (Å²) in [6.45, 7) is 1.60. The summed E-state index contributed by atoms with van der Waals surface area (Å²) in [6, 6.07) is 11.9. The van der Waals surface area contributed by atoms with Crippen molar-refractivity contribution in [3.05, 3.63) is 94.7 Å². The van der Waals surface area contributed by atoms with Gasteiger partial charge in [0.1, 0.15) is 22.2 Å². The maximum atomic E-state index is 15.4. The molecule has 8 nitrogen and oxygen atoms in total. The first-order valence-electron chi connectivity index (χ1n) is 12.9. The fraction of sp³-hybridized carbons (Fsp3) is 0.167. The Morgan fingerprint density at radius 1 is 1.22 bits per heavy atom. The molecule has 0 bridgehead atoms. The summed E-state index contributed by atoms with van der Waals surface area (Å²) < 4.78 is 50.2. The number of fused-ring (bicyclic) bond motifs is 4. The van der Waals surface area contributed by atoms with Crippen LogP contribution in [0, 0.1) is 5.82 Å². The number of aromatic nitrogens is 2. The van der Waals surface area contributed by atoms with Gasteiger partial charge >= 0.3 is 0 Å². The van der Waals surface area contributed by atoms with Crippen LogP contribution >= 0.6 is 11.6 Å². The Labute approximate surface area is 239 Å². The molecule has 0 aliphatic heterocycles. The van der Waals surface area contributed by atoms with E-state index in [0.717, 1.165) is 5.39 Å². The van der Waals surface area contributed by atoms with E-state index in [1.165, 1.54) is 23.0 Å². The van der Waals surface area contributed by atoms with Crippen molar-refractivity contribution in [2.45, 2.75) is 26.3 Å². The summed E-state index contributed by atoms with van der Waals surface area (Å²) >= 11 is 6.58. The van der Waals surface area contributed by atoms with E-state index in [4.69, 9.17) is 16.0 Å². The number of rotatable bonds is 7. The molecule has 0 saturated heterocycles. The summed E-state index contributed by atoms with van der Waals surface area (Å²) in [4.78, 5) is 31.6. The van der Waals surface area contributed by atoms with Crippen molar-refractivity contribution in [2.24, 2.45) is 0 Å². The van der Waals surface area contributed by atoms with Gasteiger partial charge in [0, 0.05) is 28.5 Å². The van der Waals surface area contributed by atoms with E-state index in [0.29, 0.717) is 16.5 Å². The topological polar surface area (TPSA) is 111 Å². The van der Waals surface area contributed by atoms with Crippen LogP contribution in [0.2, 0.25) is 5.15 Å². The van der Waals surface area contributed by atoms with Crippen LogP contribution in [0.25, 0.3) is 38.3 Å². The number of ketones is 1. The van der Waals surface area contributed by atoms with E-state index in [9.17, 15) is 18.0 Å². The molecule has 0 fully saturated rings. The van der Waals surface area contributed by atoms with Crippen LogP contribution < -0.4 is 4.72 Å². The van der Waals surface area contributed by atoms with Gasteiger partial charge in [-0.05, 0) is 30.7 Å². The average molecular weight is 592 g/mol. The lowest BCUT2D eigenvalue weighted by molar-refractivity contribution is -0.113. The lowest BCUT2D eigenvalue weighted by atomic mass is 9.93. The number of nitrogens with one attached hydrogen (secondary N) is 1. The van der Waals surface area contributed by atoms with Gasteiger partial charge in [-0.3, -0.25) is 9.59 Å². The Balaban J connectivity index is 1.70. The molecule has 6 rings (SSSR count). The van der Waals surface area contributed by atoms with Crippen LogP contribution in [-0.2, 0) is 21.4 Å². The van der Waals surface area contributed by atoms with Crippen molar-refractivity contribution in [2.75, 3.05) is 5.75 Å². The summed E-state index contributed by atoms with van der Waals surface area (Å²) in [5.74, 6) is -2.14. The third-order valence-electron chi connectivity index (χ3n) is 7.00. The molecular formula is C30H23ClFN3O5S. The molecule has 0 atom stereocenters. The molecular weight excluding hydrogens is 569 g/mol. The molecule has 1 amide bonds. The highest BCUT2D eigenvalue weighted by Gasteiger charge is 2.32. The Hall–Kier alpha value is -4.28. The van der Waals surface area contributed by atoms with Gasteiger partial charge in [-0.25, -0.2) is 22.5 Å². The first kappa shape index (κ1) is 26.9. The van der Waals surface area contributed by atoms with Gasteiger partial charge in [0.2, 0.25) is 10.0 Å². The number of para-hydroxylation sites is 1. The Morgan fingerprint density at radius 3 is 2.80 bits per heavy atom. The molecule has 5 aromatic rings. The van der Waals surface area contributed by atoms with E-state index in [2.05, 4.69) is 9.71 Å². The molecule has 3 aromatic heterocycles. The highest BCUT2D eigenvalue weighted by atomic mass is 35.5. The molecule has 41 heavy (non-hydrogen) atoms. The molecule has 3 heterocycles. The Morgan fingerprint density at radius 2 is 2.02 bits per heavy atom. The van der Waals surface area contributed by atoms with Crippen LogP contribution in [0.4, 0.5) is 4.39 Å². The maximum absolute atomic E-state index is 15.4. The van der Waals surface area contributed by atoms with Crippen molar-refractivity contribution in [1.82, 2.24) is 14.3 Å². The summed E-state index contributed by atoms with van der Waals surface area (Å²) in [5, 5.41) is 1.41. The van der Waals surface area contributed by atoms with Crippen molar-refractivity contribution >= 4 is 71.7 Å². The number of carbonyl (C=O) groups excluding carboxylic acids is 2. The van der Waals surface area contributed by atoms with Crippen molar-refractivity contribution < 1.29 is 26.8 Å². The number of allylic oxidation sites excluding steroid dienone is 4. The monoisotopic (exact) mass is 591 g/mol. The minimum absolute atomic E-state index is 0.0767. The molecule has 11 heteroatoms. The van der Waals surface area contributed by atoms with Crippen LogP contribution in [0.5, 0.6) is 0 Å². The number of furan rings is 1. The van der Waals surface area contributed by atoms with Gasteiger partial charge in [-0.15, -0.1) is 0 Å². The smallest absolute Gasteiger partial charge is 0.282 e. The molecule has 0 saturated carbocycles. The van der Waals surface area contributed by atoms with Crippen molar-refractivity contribution in [3.63, 3.8) is 0 Å². The molecule has 1 N–H and O–H groups in total. The van der Waals surface area contributed by atoms with Gasteiger partial charge in [0.15, 0.2) is 5.78 Å². The first-order chi connectivity index (χ1) is 19.7. The molecule has 1 aliphatic rings. The number of benzene rings is 2. The number of hydrogen-bond donors (Lipinski definition) is 1. The second-order valence-electron chi connectivity index (χ2n) is 9.74. The van der Waals surface area contributed by atoms with E-state index in [1.807, 2.05) is 24.3 Å². The van der Waals surface area contributed by atoms with Crippen LogP contribution in [0.1, 0.15) is 41.4 Å². The zero-order valence-corrected chi connectivity index (χ0v) is 23.4. The van der Waals surface area contributed by atoms with Crippen molar-refractivity contribution in [1.29, 1.82) is 0 Å². The third kappa shape index (κ3) is 4.72. The minimum Gasteiger partial charge on any atom is -0.463 e. The zero-order valence-electron chi connectivity index (χ0n) is 21.8. The summed E-state index contributed by atoms with van der Waals surface area (Å²) in [7, 11) is -4.01. The Kier molecular flexibility index (Phi) is 6.75. The normalized spacial score (nSPS) is 13.8. The van der Waals surface area contributed by atoms with Crippen molar-refractivity contribution in [3.8, 4) is 0 Å². The molecule has 0 unspecified atom stereocenters. The number of sulfonamides is 1. The van der Waals surface area contributed by atoms with Crippen LogP contribution in [-0.4, -0.2) is 35.4 Å². The molecule has 0 spiro atoms. The number of hydrogen-bond acceptors (Lipinski definition) is 6. The second kappa shape index (κ2) is 10.3. The fourth-order valence-electron chi connectivity index (χ4n) is 5.26. The van der Waals surface area contributed by atoms with E-state index >= 15 is 4.39 Å². The third-order valence-corrected chi connectivity index (χ3v) is 8.77. The maximum Gasteiger partial charge on any atom is 0.282 e. The highest BCUT2D eigenvalue weighted by Crippen LogP contribution is 2.40. The van der Waals surface area contributed by atoms with Crippen LogP contribution in [0.3, 0.4) is 0 Å². The predicted octanol–water partition coefficient (Wildman–Crippen LogP) is 6.16. The first-order valence-corrected chi connectivity index (χ1v) is 14.9. The summed E-state index contributed by atoms with van der Waals surface area (Å²) in [6.07, 6.45) is 6.60. The van der Waals surface area contributed by atoms with Gasteiger partial charge in [-0.1, -0.05) is 55.0 Å². The quantitative estimate of drug-likeness (QED) is 0.227. The van der Waals surface area contributed by atoms with Gasteiger partial charge in [0.05, 0.1) is 40.4 Å². The number of Topliss-reactive ketones (excluding diaryl/α,β-unsaturated/α-hetero) is 1. The Bertz CT molecular complexity index is 2070.